The first kappa shape index (κ1) is 16.5. The Bertz CT molecular complexity index is 404. The Hall–Kier alpha value is -0.540. The van der Waals surface area contributed by atoms with Crippen molar-refractivity contribution in [3.63, 3.8) is 0 Å². The lowest BCUT2D eigenvalue weighted by atomic mass is 9.87. The van der Waals surface area contributed by atoms with Gasteiger partial charge in [-0.1, -0.05) is 58.4 Å². The predicted octanol–water partition coefficient (Wildman–Crippen LogP) is 4.38. The van der Waals surface area contributed by atoms with Crippen molar-refractivity contribution in [1.82, 2.24) is 0 Å². The van der Waals surface area contributed by atoms with E-state index in [1.165, 1.54) is 24.0 Å². The fourth-order valence-corrected chi connectivity index (χ4v) is 3.97. The van der Waals surface area contributed by atoms with E-state index in [-0.39, 0.29) is 16.3 Å². The lowest BCUT2D eigenvalue weighted by Crippen LogP contribution is -2.18. The molecular weight excluding hydrogens is 270 g/mol. The van der Waals surface area contributed by atoms with Crippen LogP contribution in [0.25, 0.3) is 0 Å². The molecule has 1 unspecified atom stereocenters. The molecule has 0 saturated carbocycles. The summed E-state index contributed by atoms with van der Waals surface area (Å²) in [6, 6.07) is 8.82. The van der Waals surface area contributed by atoms with Crippen molar-refractivity contribution >= 4 is 27.9 Å². The topological polar surface area (TPSA) is 23.9 Å². The maximum atomic E-state index is 7.75. The molecule has 19 heavy (non-hydrogen) atoms. The highest BCUT2D eigenvalue weighted by molar-refractivity contribution is 8.24. The molecule has 3 heteroatoms. The molecule has 0 aliphatic carbocycles. The molecule has 1 aromatic carbocycles. The molecule has 0 aliphatic rings. The number of rotatable bonds is 5. The molecule has 1 nitrogen and oxygen atoms in total. The van der Waals surface area contributed by atoms with Crippen molar-refractivity contribution in [2.75, 3.05) is 5.75 Å². The van der Waals surface area contributed by atoms with Crippen molar-refractivity contribution < 1.29 is 0 Å². The molecule has 0 aromatic heterocycles. The first-order valence-electron chi connectivity index (χ1n) is 6.87. The van der Waals surface area contributed by atoms with Gasteiger partial charge in [-0.2, -0.15) is 0 Å². The lowest BCUT2D eigenvalue weighted by molar-refractivity contribution is 0.590. The molecule has 0 heterocycles. The highest BCUT2D eigenvalue weighted by atomic mass is 32.2. The molecule has 106 valence electrons. The SMILES string of the molecule is CCCC[S+](Cc1ccc(C(C)(C)C)cc1)C(=N)[S-]. The van der Waals surface area contributed by atoms with E-state index >= 15 is 0 Å². The summed E-state index contributed by atoms with van der Waals surface area (Å²) in [5.74, 6) is 2.01. The summed E-state index contributed by atoms with van der Waals surface area (Å²) < 4.78 is 0.438. The minimum absolute atomic E-state index is 0.0567. The van der Waals surface area contributed by atoms with E-state index in [1.807, 2.05) is 0 Å². The minimum atomic E-state index is -0.0567. The fourth-order valence-electron chi connectivity index (χ4n) is 1.85. The summed E-state index contributed by atoms with van der Waals surface area (Å²) in [6.07, 6.45) is 2.34. The molecule has 0 aliphatic heterocycles. The predicted molar refractivity (Wildman–Crippen MR) is 91.1 cm³/mol. The monoisotopic (exact) mass is 295 g/mol. The largest absolute Gasteiger partial charge is 0.708 e. The normalized spacial score (nSPS) is 13.3. The average Bonchev–Trinajstić information content (AvgIpc) is 2.33. The van der Waals surface area contributed by atoms with E-state index in [9.17, 15) is 0 Å². The molecule has 1 N–H and O–H groups in total. The molecule has 0 fully saturated rings. The van der Waals surface area contributed by atoms with Gasteiger partial charge in [0, 0.05) is 16.5 Å². The van der Waals surface area contributed by atoms with Gasteiger partial charge in [0.25, 0.3) is 0 Å². The number of benzene rings is 1. The molecule has 0 bridgehead atoms. The Morgan fingerprint density at radius 1 is 1.21 bits per heavy atom. The maximum Gasteiger partial charge on any atom is 0.138 e. The molecule has 1 atom stereocenters. The van der Waals surface area contributed by atoms with Crippen molar-refractivity contribution in [3.8, 4) is 0 Å². The van der Waals surface area contributed by atoms with E-state index in [0.29, 0.717) is 4.38 Å². The third kappa shape index (κ3) is 5.53. The molecule has 1 rings (SSSR count). The van der Waals surface area contributed by atoms with Crippen LogP contribution in [0, 0.1) is 5.41 Å². The van der Waals surface area contributed by atoms with Crippen LogP contribution in [0.5, 0.6) is 0 Å². The summed E-state index contributed by atoms with van der Waals surface area (Å²) in [5, 5.41) is 7.75. The zero-order valence-corrected chi connectivity index (χ0v) is 14.1. The molecule has 0 amide bonds. The highest BCUT2D eigenvalue weighted by Crippen LogP contribution is 2.23. The Labute approximate surface area is 126 Å². The first-order valence-corrected chi connectivity index (χ1v) is 8.84. The van der Waals surface area contributed by atoms with Gasteiger partial charge in [0.15, 0.2) is 0 Å². The van der Waals surface area contributed by atoms with Crippen LogP contribution in [0.3, 0.4) is 0 Å². The van der Waals surface area contributed by atoms with E-state index in [1.54, 1.807) is 0 Å². The van der Waals surface area contributed by atoms with Gasteiger partial charge in [0.1, 0.15) is 11.5 Å². The number of nitrogens with one attached hydrogen (secondary N) is 1. The molecular formula is C16H25NS2. The Balaban J connectivity index is 2.72. The Kier molecular flexibility index (Phi) is 6.34. The highest BCUT2D eigenvalue weighted by Gasteiger charge is 2.18. The number of hydrogen-bond acceptors (Lipinski definition) is 2. The van der Waals surface area contributed by atoms with Crippen molar-refractivity contribution in [2.45, 2.75) is 51.7 Å². The van der Waals surface area contributed by atoms with E-state index in [2.05, 4.69) is 52.0 Å². The maximum absolute atomic E-state index is 7.75. The smallest absolute Gasteiger partial charge is 0.138 e. The van der Waals surface area contributed by atoms with Gasteiger partial charge in [-0.3, -0.25) is 5.41 Å². The van der Waals surface area contributed by atoms with E-state index < -0.39 is 0 Å². The zero-order valence-electron chi connectivity index (χ0n) is 12.5. The molecule has 0 saturated heterocycles. The second-order valence-corrected chi connectivity index (χ2v) is 8.69. The number of hydrogen-bond donors (Lipinski definition) is 1. The van der Waals surface area contributed by atoms with Crippen molar-refractivity contribution in [2.24, 2.45) is 0 Å². The quantitative estimate of drug-likeness (QED) is 0.370. The van der Waals surface area contributed by atoms with Gasteiger partial charge >= 0.3 is 0 Å². The fraction of sp³-hybridized carbons (Fsp3) is 0.562. The van der Waals surface area contributed by atoms with Gasteiger partial charge in [-0.05, 0) is 17.4 Å². The van der Waals surface area contributed by atoms with Crippen LogP contribution in [0.15, 0.2) is 24.3 Å². The average molecular weight is 296 g/mol. The van der Waals surface area contributed by atoms with Gasteiger partial charge < -0.3 is 12.6 Å². The third-order valence-electron chi connectivity index (χ3n) is 3.17. The van der Waals surface area contributed by atoms with Crippen LogP contribution in [0.1, 0.15) is 51.7 Å². The van der Waals surface area contributed by atoms with Crippen LogP contribution >= 0.6 is 0 Å². The Morgan fingerprint density at radius 3 is 2.21 bits per heavy atom. The summed E-state index contributed by atoms with van der Waals surface area (Å²) in [6.45, 7) is 8.87. The summed E-state index contributed by atoms with van der Waals surface area (Å²) in [7, 11) is -0.0567. The van der Waals surface area contributed by atoms with Crippen LogP contribution in [-0.4, -0.2) is 10.1 Å². The van der Waals surface area contributed by atoms with E-state index in [0.717, 1.165) is 11.5 Å². The molecule has 0 radical (unpaired) electrons. The van der Waals surface area contributed by atoms with Crippen molar-refractivity contribution in [3.05, 3.63) is 35.4 Å². The summed E-state index contributed by atoms with van der Waals surface area (Å²) >= 11 is 5.09. The summed E-state index contributed by atoms with van der Waals surface area (Å²) in [4.78, 5) is 0. The standard InChI is InChI=1S/C16H25NS2/c1-5-6-11-19(15(17)18)12-13-7-9-14(10-8-13)16(2,3)4/h7-10H,5-6,11-12H2,1-4H3,(H-,17,18). The Morgan fingerprint density at radius 2 is 1.79 bits per heavy atom. The van der Waals surface area contributed by atoms with Gasteiger partial charge in [-0.25, -0.2) is 0 Å². The molecule has 1 aromatic rings. The van der Waals surface area contributed by atoms with Crippen molar-refractivity contribution in [1.29, 1.82) is 5.41 Å². The van der Waals surface area contributed by atoms with Gasteiger partial charge in [0.05, 0.1) is 4.38 Å². The second-order valence-electron chi connectivity index (χ2n) is 5.93. The first-order chi connectivity index (χ1) is 8.84. The van der Waals surface area contributed by atoms with Gasteiger partial charge in [0.2, 0.25) is 0 Å². The van der Waals surface area contributed by atoms with Crippen LogP contribution in [0.4, 0.5) is 0 Å². The van der Waals surface area contributed by atoms with E-state index in [4.69, 9.17) is 18.0 Å². The van der Waals surface area contributed by atoms with Gasteiger partial charge in [-0.15, -0.1) is 0 Å². The van der Waals surface area contributed by atoms with Crippen LogP contribution < -0.4 is 0 Å². The minimum Gasteiger partial charge on any atom is -0.708 e. The van der Waals surface area contributed by atoms with Crippen LogP contribution in [-0.2, 0) is 34.7 Å². The number of unbranched alkanes of at least 4 members (excludes halogenated alkanes) is 1. The molecule has 0 spiro atoms. The second kappa shape index (κ2) is 7.30. The summed E-state index contributed by atoms with van der Waals surface area (Å²) in [5.41, 5.74) is 2.87. The van der Waals surface area contributed by atoms with Crippen LogP contribution in [0.2, 0.25) is 0 Å². The third-order valence-corrected chi connectivity index (χ3v) is 5.86. The zero-order chi connectivity index (χ0) is 14.5. The lowest BCUT2D eigenvalue weighted by Gasteiger charge is -2.19.